The molecule has 0 atom stereocenters. The molecule has 6 nitrogen and oxygen atoms in total. The van der Waals surface area contributed by atoms with Gasteiger partial charge in [-0.25, -0.2) is 0 Å². The molecule has 0 aliphatic carbocycles. The first-order chi connectivity index (χ1) is 11.7. The molecule has 0 unspecified atom stereocenters. The summed E-state index contributed by atoms with van der Waals surface area (Å²) in [4.78, 5) is 15.6. The van der Waals surface area contributed by atoms with E-state index in [1.807, 2.05) is 49.1 Å². The fraction of sp³-hybridized carbons (Fsp3) is 0.471. The Bertz CT molecular complexity index is 622. The third-order valence-electron chi connectivity index (χ3n) is 3.72. The van der Waals surface area contributed by atoms with Crippen LogP contribution in [0.1, 0.15) is 20.8 Å². The van der Waals surface area contributed by atoms with Crippen molar-refractivity contribution in [1.29, 1.82) is 0 Å². The van der Waals surface area contributed by atoms with E-state index in [0.29, 0.717) is 32.2 Å². The van der Waals surface area contributed by atoms with Crippen molar-refractivity contribution in [3.63, 3.8) is 0 Å². The van der Waals surface area contributed by atoms with Gasteiger partial charge in [0.1, 0.15) is 6.61 Å². The van der Waals surface area contributed by atoms with Crippen LogP contribution in [0.25, 0.3) is 0 Å². The van der Waals surface area contributed by atoms with E-state index in [-0.39, 0.29) is 6.01 Å². The normalized spacial score (nSPS) is 10.5. The second kappa shape index (κ2) is 9.00. The highest BCUT2D eigenvalue weighted by Crippen LogP contribution is 2.14. The van der Waals surface area contributed by atoms with Crippen molar-refractivity contribution in [1.82, 2.24) is 15.0 Å². The summed E-state index contributed by atoms with van der Waals surface area (Å²) in [6, 6.07) is 10.1. The van der Waals surface area contributed by atoms with E-state index in [9.17, 15) is 4.39 Å². The average Bonchev–Trinajstić information content (AvgIpc) is 2.60. The number of halogens is 1. The van der Waals surface area contributed by atoms with Gasteiger partial charge < -0.3 is 14.5 Å². The highest BCUT2D eigenvalue weighted by molar-refractivity contribution is 5.45. The van der Waals surface area contributed by atoms with Gasteiger partial charge in [0, 0.05) is 25.3 Å². The zero-order chi connectivity index (χ0) is 17.4. The summed E-state index contributed by atoms with van der Waals surface area (Å²) in [5.41, 5.74) is 1.12. The van der Waals surface area contributed by atoms with Crippen molar-refractivity contribution >= 4 is 11.6 Å². The van der Waals surface area contributed by atoms with E-state index in [0.717, 1.165) is 12.2 Å². The average molecular weight is 333 g/mol. The Labute approximate surface area is 142 Å². The molecule has 0 amide bonds. The molecule has 0 aliphatic rings. The Morgan fingerprint density at radius 3 is 2.21 bits per heavy atom. The van der Waals surface area contributed by atoms with Gasteiger partial charge in [0.05, 0.1) is 6.54 Å². The minimum atomic E-state index is -0.822. The molecular formula is C17H24FN5O. The van der Waals surface area contributed by atoms with E-state index >= 15 is 0 Å². The number of anilines is 2. The monoisotopic (exact) mass is 333 g/mol. The van der Waals surface area contributed by atoms with Crippen molar-refractivity contribution in [2.75, 3.05) is 42.6 Å². The third-order valence-corrected chi connectivity index (χ3v) is 3.72. The van der Waals surface area contributed by atoms with Gasteiger partial charge in [-0.1, -0.05) is 18.2 Å². The molecule has 0 aliphatic heterocycles. The maximum Gasteiger partial charge on any atom is 0.323 e. The van der Waals surface area contributed by atoms with Crippen LogP contribution >= 0.6 is 0 Å². The van der Waals surface area contributed by atoms with Gasteiger partial charge in [-0.3, -0.25) is 0 Å². The van der Waals surface area contributed by atoms with Crippen LogP contribution in [-0.2, 0) is 0 Å². The van der Waals surface area contributed by atoms with Gasteiger partial charge >= 0.3 is 12.1 Å². The first-order valence-electron chi connectivity index (χ1n) is 8.27. The second-order valence-electron chi connectivity index (χ2n) is 5.12. The Kier molecular flexibility index (Phi) is 6.72. The first-order valence-corrected chi connectivity index (χ1v) is 8.27. The molecule has 0 saturated carbocycles. The van der Waals surface area contributed by atoms with Crippen LogP contribution in [0.5, 0.6) is 6.01 Å². The number of aromatic nitrogens is 3. The lowest BCUT2D eigenvalue weighted by Gasteiger charge is -2.23. The number of para-hydroxylation sites is 1. The number of hydrogen-bond acceptors (Lipinski definition) is 6. The maximum absolute atomic E-state index is 13.6. The SMILES string of the molecule is CCN(CCOc1nc(F)nc(N(CC)CC)n1)c1ccccc1. The van der Waals surface area contributed by atoms with E-state index < -0.39 is 6.08 Å². The number of benzene rings is 1. The smallest absolute Gasteiger partial charge is 0.323 e. The van der Waals surface area contributed by atoms with Crippen LogP contribution in [0.2, 0.25) is 0 Å². The van der Waals surface area contributed by atoms with Gasteiger partial charge in [0.2, 0.25) is 5.95 Å². The Hall–Kier alpha value is -2.44. The summed E-state index contributed by atoms with van der Waals surface area (Å²) < 4.78 is 19.1. The van der Waals surface area contributed by atoms with E-state index in [1.54, 1.807) is 0 Å². The third kappa shape index (κ3) is 4.78. The molecule has 0 fully saturated rings. The van der Waals surface area contributed by atoms with Crippen molar-refractivity contribution in [2.45, 2.75) is 20.8 Å². The van der Waals surface area contributed by atoms with E-state index in [4.69, 9.17) is 4.74 Å². The Morgan fingerprint density at radius 2 is 1.58 bits per heavy atom. The minimum absolute atomic E-state index is 0.0218. The van der Waals surface area contributed by atoms with Gasteiger partial charge in [0.15, 0.2) is 0 Å². The van der Waals surface area contributed by atoms with Crippen LogP contribution in [0.3, 0.4) is 0 Å². The lowest BCUT2D eigenvalue weighted by Crippen LogP contribution is -2.29. The Morgan fingerprint density at radius 1 is 0.917 bits per heavy atom. The van der Waals surface area contributed by atoms with Crippen LogP contribution < -0.4 is 14.5 Å². The van der Waals surface area contributed by atoms with Crippen LogP contribution in [0.15, 0.2) is 30.3 Å². The maximum atomic E-state index is 13.6. The van der Waals surface area contributed by atoms with E-state index in [2.05, 4.69) is 26.8 Å². The quantitative estimate of drug-likeness (QED) is 0.703. The molecule has 24 heavy (non-hydrogen) atoms. The highest BCUT2D eigenvalue weighted by Gasteiger charge is 2.12. The summed E-state index contributed by atoms with van der Waals surface area (Å²) in [6.45, 7) is 9.26. The molecule has 0 N–H and O–H groups in total. The summed E-state index contributed by atoms with van der Waals surface area (Å²) >= 11 is 0. The van der Waals surface area contributed by atoms with Crippen molar-refractivity contribution in [2.24, 2.45) is 0 Å². The van der Waals surface area contributed by atoms with Crippen LogP contribution in [-0.4, -0.2) is 47.7 Å². The molecule has 7 heteroatoms. The van der Waals surface area contributed by atoms with Gasteiger partial charge in [-0.05, 0) is 32.9 Å². The largest absolute Gasteiger partial charge is 0.461 e. The molecule has 0 bridgehead atoms. The predicted molar refractivity (Wildman–Crippen MR) is 93.2 cm³/mol. The van der Waals surface area contributed by atoms with Crippen molar-refractivity contribution in [3.8, 4) is 6.01 Å². The van der Waals surface area contributed by atoms with Crippen molar-refractivity contribution < 1.29 is 9.13 Å². The number of hydrogen-bond donors (Lipinski definition) is 0. The lowest BCUT2D eigenvalue weighted by atomic mass is 10.3. The number of ether oxygens (including phenoxy) is 1. The van der Waals surface area contributed by atoms with Crippen molar-refractivity contribution in [3.05, 3.63) is 36.4 Å². The first kappa shape index (κ1) is 17.9. The Balaban J connectivity index is 1.98. The van der Waals surface area contributed by atoms with Crippen LogP contribution in [0.4, 0.5) is 16.0 Å². The number of likely N-dealkylation sites (N-methyl/N-ethyl adjacent to an activating group) is 1. The summed E-state index contributed by atoms with van der Waals surface area (Å²) in [6.07, 6.45) is -0.822. The molecule has 1 aromatic carbocycles. The zero-order valence-corrected chi connectivity index (χ0v) is 14.4. The summed E-state index contributed by atoms with van der Waals surface area (Å²) in [5.74, 6) is 0.304. The van der Waals surface area contributed by atoms with Crippen LogP contribution in [0, 0.1) is 6.08 Å². The second-order valence-corrected chi connectivity index (χ2v) is 5.12. The fourth-order valence-electron chi connectivity index (χ4n) is 2.39. The summed E-state index contributed by atoms with van der Waals surface area (Å²) in [5, 5.41) is 0. The molecule has 0 saturated heterocycles. The fourth-order valence-corrected chi connectivity index (χ4v) is 2.39. The molecular weight excluding hydrogens is 309 g/mol. The topological polar surface area (TPSA) is 54.4 Å². The van der Waals surface area contributed by atoms with Gasteiger partial charge in [-0.2, -0.15) is 14.4 Å². The molecule has 1 heterocycles. The highest BCUT2D eigenvalue weighted by atomic mass is 19.1. The predicted octanol–water partition coefficient (Wildman–Crippen LogP) is 2.76. The molecule has 130 valence electrons. The number of rotatable bonds is 9. The summed E-state index contributed by atoms with van der Waals surface area (Å²) in [7, 11) is 0. The van der Waals surface area contributed by atoms with Gasteiger partial charge in [-0.15, -0.1) is 4.98 Å². The minimum Gasteiger partial charge on any atom is -0.461 e. The number of nitrogens with zero attached hydrogens (tertiary/aromatic N) is 5. The van der Waals surface area contributed by atoms with Gasteiger partial charge in [0.25, 0.3) is 0 Å². The standard InChI is InChI=1S/C17H24FN5O/c1-4-22(5-2)16-19-15(18)20-17(21-16)24-13-12-23(6-3)14-10-8-7-9-11-14/h7-11H,4-6,12-13H2,1-3H3. The molecule has 2 rings (SSSR count). The molecule has 1 aromatic heterocycles. The molecule has 2 aromatic rings. The molecule has 0 radical (unpaired) electrons. The zero-order valence-electron chi connectivity index (χ0n) is 14.4. The lowest BCUT2D eigenvalue weighted by molar-refractivity contribution is 0.290. The van der Waals surface area contributed by atoms with E-state index in [1.165, 1.54) is 0 Å². The molecule has 0 spiro atoms.